The minimum absolute atomic E-state index is 0.410. The molecule has 0 saturated heterocycles. The van der Waals surface area contributed by atoms with Crippen molar-refractivity contribution in [3.8, 4) is 12.3 Å². The summed E-state index contributed by atoms with van der Waals surface area (Å²) in [5, 5.41) is 0. The van der Waals surface area contributed by atoms with E-state index >= 15 is 0 Å². The van der Waals surface area contributed by atoms with Gasteiger partial charge >= 0.3 is 0 Å². The highest BCUT2D eigenvalue weighted by molar-refractivity contribution is 5.59. The first kappa shape index (κ1) is 22.5. The molecule has 0 radical (unpaired) electrons. The summed E-state index contributed by atoms with van der Waals surface area (Å²) in [6.45, 7) is 0. The molecule has 1 aromatic rings. The highest BCUT2D eigenvalue weighted by Crippen LogP contribution is 2.69. The van der Waals surface area contributed by atoms with Crippen LogP contribution in [0.5, 0.6) is 0 Å². The third-order valence-electron chi connectivity index (χ3n) is 15.1. The topological polar surface area (TPSA) is 0 Å². The van der Waals surface area contributed by atoms with Gasteiger partial charge in [0.25, 0.3) is 0 Å². The molecule has 0 spiro atoms. The Kier molecular flexibility index (Phi) is 4.34. The van der Waals surface area contributed by atoms with E-state index in [4.69, 9.17) is 6.42 Å². The first-order valence-corrected chi connectivity index (χ1v) is 17.2. The molecule has 0 aromatic heterocycles. The van der Waals surface area contributed by atoms with Gasteiger partial charge in [0.2, 0.25) is 0 Å². The molecule has 12 aliphatic carbocycles. The molecule has 0 N–H and O–H groups in total. The lowest BCUT2D eigenvalue weighted by Crippen LogP contribution is -2.55. The van der Waals surface area contributed by atoms with Gasteiger partial charge in [0, 0.05) is 5.56 Å². The van der Waals surface area contributed by atoms with Gasteiger partial charge in [0.1, 0.15) is 0 Å². The van der Waals surface area contributed by atoms with Gasteiger partial charge in [-0.3, -0.25) is 0 Å². The van der Waals surface area contributed by atoms with Gasteiger partial charge in [0.05, 0.1) is 0 Å². The maximum Gasteiger partial charge on any atom is 0.0283 e. The molecule has 200 valence electrons. The van der Waals surface area contributed by atoms with E-state index in [0.29, 0.717) is 16.2 Å². The molecule has 0 unspecified atom stereocenters. The second-order valence-corrected chi connectivity index (χ2v) is 17.6. The third-order valence-corrected chi connectivity index (χ3v) is 15.1. The van der Waals surface area contributed by atoms with Crippen molar-refractivity contribution in [2.24, 2.45) is 53.3 Å². The van der Waals surface area contributed by atoms with E-state index in [-0.39, 0.29) is 0 Å². The van der Waals surface area contributed by atoms with E-state index < -0.39 is 0 Å². The molecule has 12 saturated carbocycles. The van der Waals surface area contributed by atoms with Gasteiger partial charge in [-0.05, 0) is 208 Å². The molecule has 0 heterocycles. The Morgan fingerprint density at radius 3 is 1.11 bits per heavy atom. The molecule has 1 aromatic carbocycles. The van der Waals surface area contributed by atoms with Gasteiger partial charge in [-0.15, -0.1) is 6.42 Å². The van der Waals surface area contributed by atoms with E-state index in [9.17, 15) is 0 Å². The van der Waals surface area contributed by atoms with Gasteiger partial charge in [-0.25, -0.2) is 0 Å². The Hall–Kier alpha value is -1.22. The monoisotopic (exact) mass is 504 g/mol. The van der Waals surface area contributed by atoms with Crippen LogP contribution in [0.1, 0.15) is 138 Å². The molecule has 38 heavy (non-hydrogen) atoms. The van der Waals surface area contributed by atoms with E-state index in [0.717, 1.165) is 53.3 Å². The summed E-state index contributed by atoms with van der Waals surface area (Å²) in [6, 6.07) is 5.21. The molecule has 13 rings (SSSR count). The van der Waals surface area contributed by atoms with Crippen LogP contribution in [0.2, 0.25) is 0 Å². The van der Waals surface area contributed by atoms with E-state index in [1.807, 2.05) is 16.7 Å². The van der Waals surface area contributed by atoms with Crippen LogP contribution in [0, 0.1) is 65.6 Å². The summed E-state index contributed by atoms with van der Waals surface area (Å²) in [6.07, 6.45) is 33.9. The highest BCUT2D eigenvalue weighted by atomic mass is 14.6. The van der Waals surface area contributed by atoms with Crippen LogP contribution >= 0.6 is 0 Å². The standard InChI is InChI=1S/C38H48/c1-2-32-3-4-33(36-14-23-5-24(15-36)7-25(6-23)16-36)35(38-20-29-11-30(21-38)13-31(12-29)22-38)34(32)37-17-26-8-27(18-37)10-28(9-26)19-37/h1,3-4,23-31H,5-22H2. The number of hydrogen-bond donors (Lipinski definition) is 0. The molecule has 0 heteroatoms. The zero-order valence-corrected chi connectivity index (χ0v) is 23.7. The highest BCUT2D eigenvalue weighted by Gasteiger charge is 2.60. The van der Waals surface area contributed by atoms with Crippen LogP contribution in [-0.4, -0.2) is 0 Å². The fraction of sp³-hybridized carbons (Fsp3) is 0.789. The summed E-state index contributed by atoms with van der Waals surface area (Å²) in [7, 11) is 0. The largest absolute Gasteiger partial charge is 0.115 e. The fourth-order valence-corrected chi connectivity index (χ4v) is 15.5. The summed E-state index contributed by atoms with van der Waals surface area (Å²) < 4.78 is 0. The van der Waals surface area contributed by atoms with E-state index in [2.05, 4.69) is 18.1 Å². The molecular weight excluding hydrogens is 456 g/mol. The molecule has 12 aliphatic rings. The molecular formula is C38H48. The lowest BCUT2D eigenvalue weighted by Gasteiger charge is -2.63. The van der Waals surface area contributed by atoms with Crippen LogP contribution in [0.3, 0.4) is 0 Å². The SMILES string of the molecule is C#Cc1ccc(C23CC4CC(CC(C4)C2)C3)c(C23CC4CC(CC(C4)C2)C3)c1C12CC3CC(CC(C3)C1)C2. The van der Waals surface area contributed by atoms with Crippen molar-refractivity contribution >= 4 is 0 Å². The lowest BCUT2D eigenvalue weighted by molar-refractivity contribution is -0.0244. The van der Waals surface area contributed by atoms with Crippen LogP contribution in [0.25, 0.3) is 0 Å². The van der Waals surface area contributed by atoms with Crippen molar-refractivity contribution in [2.45, 2.75) is 132 Å². The maximum atomic E-state index is 6.54. The number of benzene rings is 1. The van der Waals surface area contributed by atoms with Gasteiger partial charge in [-0.1, -0.05) is 12.0 Å². The Morgan fingerprint density at radius 2 is 0.763 bits per heavy atom. The Labute approximate surface area is 231 Å². The summed E-state index contributed by atoms with van der Waals surface area (Å²) in [5.41, 5.74) is 8.41. The lowest BCUT2D eigenvalue weighted by atomic mass is 9.41. The second-order valence-electron chi connectivity index (χ2n) is 17.6. The average Bonchev–Trinajstić information content (AvgIpc) is 2.85. The Bertz CT molecular complexity index is 1130. The number of terminal acetylenes is 1. The van der Waals surface area contributed by atoms with Crippen molar-refractivity contribution in [1.29, 1.82) is 0 Å². The number of hydrogen-bond acceptors (Lipinski definition) is 0. The smallest absolute Gasteiger partial charge is 0.0283 e. The van der Waals surface area contributed by atoms with Crippen molar-refractivity contribution in [1.82, 2.24) is 0 Å². The summed E-state index contributed by atoms with van der Waals surface area (Å²) in [5.74, 6) is 12.4. The molecule has 12 fully saturated rings. The Balaban J connectivity index is 1.24. The van der Waals surface area contributed by atoms with Crippen LogP contribution in [0.4, 0.5) is 0 Å². The van der Waals surface area contributed by atoms with Crippen LogP contribution < -0.4 is 0 Å². The van der Waals surface area contributed by atoms with Gasteiger partial charge < -0.3 is 0 Å². The quantitative estimate of drug-likeness (QED) is 0.360. The Morgan fingerprint density at radius 1 is 0.447 bits per heavy atom. The number of rotatable bonds is 3. The average molecular weight is 505 g/mol. The fourth-order valence-electron chi connectivity index (χ4n) is 15.5. The van der Waals surface area contributed by atoms with Gasteiger partial charge in [-0.2, -0.15) is 0 Å². The minimum Gasteiger partial charge on any atom is -0.115 e. The predicted octanol–water partition coefficient (Wildman–Crippen LogP) is 9.07. The van der Waals surface area contributed by atoms with Crippen LogP contribution in [-0.2, 0) is 16.2 Å². The third kappa shape index (κ3) is 2.91. The van der Waals surface area contributed by atoms with Crippen molar-refractivity contribution in [3.63, 3.8) is 0 Å². The van der Waals surface area contributed by atoms with E-state index in [1.165, 1.54) is 82.6 Å². The second kappa shape index (κ2) is 7.34. The van der Waals surface area contributed by atoms with Crippen molar-refractivity contribution in [2.75, 3.05) is 0 Å². The molecule has 0 aliphatic heterocycles. The molecule has 0 atom stereocenters. The normalized spacial score (nSPS) is 54.6. The molecule has 12 bridgehead atoms. The summed E-state index contributed by atoms with van der Waals surface area (Å²) in [4.78, 5) is 0. The minimum atomic E-state index is 0.410. The van der Waals surface area contributed by atoms with Crippen LogP contribution in [0.15, 0.2) is 12.1 Å². The molecule has 0 nitrogen and oxygen atoms in total. The first-order chi connectivity index (χ1) is 18.5. The van der Waals surface area contributed by atoms with Crippen molar-refractivity contribution in [3.05, 3.63) is 34.4 Å². The maximum absolute atomic E-state index is 6.54. The first-order valence-electron chi connectivity index (χ1n) is 17.2. The van der Waals surface area contributed by atoms with E-state index in [1.54, 1.807) is 38.5 Å². The molecule has 0 amide bonds. The van der Waals surface area contributed by atoms with Gasteiger partial charge in [0.15, 0.2) is 0 Å². The zero-order valence-electron chi connectivity index (χ0n) is 23.7. The zero-order chi connectivity index (χ0) is 24.9. The van der Waals surface area contributed by atoms with Crippen molar-refractivity contribution < 1.29 is 0 Å². The summed E-state index contributed by atoms with van der Waals surface area (Å²) >= 11 is 0. The predicted molar refractivity (Wildman–Crippen MR) is 154 cm³/mol.